The Labute approximate surface area is 118 Å². The molecule has 2 N–H and O–H groups in total. The molecule has 2 aliphatic carbocycles. The van der Waals surface area contributed by atoms with Gasteiger partial charge in [-0.05, 0) is 67.2 Å². The van der Waals surface area contributed by atoms with Crippen LogP contribution in [0.2, 0.25) is 0 Å². The molecular formula is C17H19NS. The molecule has 0 atom stereocenters. The van der Waals surface area contributed by atoms with Crippen molar-refractivity contribution in [3.63, 3.8) is 0 Å². The van der Waals surface area contributed by atoms with Crippen molar-refractivity contribution in [1.82, 2.24) is 0 Å². The lowest BCUT2D eigenvalue weighted by Crippen LogP contribution is -2.02. The summed E-state index contributed by atoms with van der Waals surface area (Å²) >= 11 is 1.81. The second-order valence-corrected chi connectivity index (χ2v) is 6.92. The predicted octanol–water partition coefficient (Wildman–Crippen LogP) is 4.36. The molecule has 19 heavy (non-hydrogen) atoms. The molecule has 2 heteroatoms. The van der Waals surface area contributed by atoms with Gasteiger partial charge in [-0.1, -0.05) is 18.2 Å². The van der Waals surface area contributed by atoms with Gasteiger partial charge in [-0.15, -0.1) is 11.3 Å². The monoisotopic (exact) mass is 269 g/mol. The van der Waals surface area contributed by atoms with Gasteiger partial charge in [0, 0.05) is 10.4 Å². The van der Waals surface area contributed by atoms with Crippen molar-refractivity contribution in [2.24, 2.45) is 0 Å². The Hall–Kier alpha value is -1.28. The molecule has 1 nitrogen and oxygen atoms in total. The molecule has 0 radical (unpaired) electrons. The molecule has 2 aliphatic rings. The Kier molecular flexibility index (Phi) is 2.66. The van der Waals surface area contributed by atoms with Gasteiger partial charge >= 0.3 is 0 Å². The van der Waals surface area contributed by atoms with Gasteiger partial charge in [0.2, 0.25) is 0 Å². The molecule has 0 unspecified atom stereocenters. The largest absolute Gasteiger partial charge is 0.390 e. The molecule has 0 fully saturated rings. The molecule has 0 saturated heterocycles. The first-order valence-corrected chi connectivity index (χ1v) is 8.17. The third-order valence-electron chi connectivity index (χ3n) is 4.59. The minimum absolute atomic E-state index is 1.03. The minimum Gasteiger partial charge on any atom is -0.390 e. The zero-order valence-corrected chi connectivity index (χ0v) is 12.0. The summed E-state index contributed by atoms with van der Waals surface area (Å²) in [6.45, 7) is 0. The van der Waals surface area contributed by atoms with E-state index in [4.69, 9.17) is 5.73 Å². The molecular weight excluding hydrogens is 250 g/mol. The van der Waals surface area contributed by atoms with Gasteiger partial charge in [0.15, 0.2) is 0 Å². The number of fused-ring (bicyclic) bond motifs is 2. The molecule has 98 valence electrons. The summed E-state index contributed by atoms with van der Waals surface area (Å²) in [6.07, 6.45) is 8.95. The summed E-state index contributed by atoms with van der Waals surface area (Å²) in [6, 6.07) is 7.04. The van der Waals surface area contributed by atoms with Gasteiger partial charge in [-0.2, -0.15) is 0 Å². The van der Waals surface area contributed by atoms with Crippen LogP contribution < -0.4 is 5.73 Å². The Morgan fingerprint density at radius 3 is 2.63 bits per heavy atom. The number of hydrogen-bond acceptors (Lipinski definition) is 2. The molecule has 0 aliphatic heterocycles. The van der Waals surface area contributed by atoms with Crippen LogP contribution in [-0.4, -0.2) is 0 Å². The van der Waals surface area contributed by atoms with Crippen LogP contribution in [0, 0.1) is 0 Å². The molecule has 1 heterocycles. The SMILES string of the molecule is Nc1sc2c(c1-c1ccc3c(c1)CCCC3)CCC2. The molecule has 0 saturated carbocycles. The van der Waals surface area contributed by atoms with Gasteiger partial charge in [0.05, 0.1) is 5.00 Å². The van der Waals surface area contributed by atoms with E-state index in [0.29, 0.717) is 0 Å². The maximum atomic E-state index is 6.28. The van der Waals surface area contributed by atoms with Gasteiger partial charge < -0.3 is 5.73 Å². The normalized spacial score (nSPS) is 17.3. The van der Waals surface area contributed by atoms with Gasteiger partial charge in [-0.3, -0.25) is 0 Å². The first-order valence-electron chi connectivity index (χ1n) is 7.35. The van der Waals surface area contributed by atoms with E-state index in [1.807, 2.05) is 11.3 Å². The van der Waals surface area contributed by atoms with Crippen LogP contribution in [0.1, 0.15) is 40.8 Å². The summed E-state index contributed by atoms with van der Waals surface area (Å²) in [7, 11) is 0. The van der Waals surface area contributed by atoms with Crippen LogP contribution in [-0.2, 0) is 25.7 Å². The Balaban J connectivity index is 1.84. The van der Waals surface area contributed by atoms with Crippen molar-refractivity contribution in [2.75, 3.05) is 5.73 Å². The third kappa shape index (κ3) is 1.81. The van der Waals surface area contributed by atoms with Crippen LogP contribution in [0.25, 0.3) is 11.1 Å². The zero-order chi connectivity index (χ0) is 12.8. The topological polar surface area (TPSA) is 26.0 Å². The summed E-state index contributed by atoms with van der Waals surface area (Å²) in [5, 5.41) is 1.03. The van der Waals surface area contributed by atoms with Crippen LogP contribution in [0.4, 0.5) is 5.00 Å². The summed E-state index contributed by atoms with van der Waals surface area (Å²) < 4.78 is 0. The molecule has 0 bridgehead atoms. The molecule has 4 rings (SSSR count). The van der Waals surface area contributed by atoms with E-state index >= 15 is 0 Å². The Bertz CT molecular complexity index is 639. The highest BCUT2D eigenvalue weighted by Gasteiger charge is 2.22. The van der Waals surface area contributed by atoms with E-state index in [0.717, 1.165) is 5.00 Å². The number of aryl methyl sites for hydroxylation is 3. The lowest BCUT2D eigenvalue weighted by Gasteiger charge is -2.17. The first-order chi connectivity index (χ1) is 9.33. The lowest BCUT2D eigenvalue weighted by molar-refractivity contribution is 0.686. The first kappa shape index (κ1) is 11.5. The van der Waals surface area contributed by atoms with Gasteiger partial charge in [0.1, 0.15) is 0 Å². The van der Waals surface area contributed by atoms with Crippen LogP contribution >= 0.6 is 11.3 Å². The summed E-state index contributed by atoms with van der Waals surface area (Å²) in [4.78, 5) is 1.53. The van der Waals surface area contributed by atoms with E-state index < -0.39 is 0 Å². The van der Waals surface area contributed by atoms with E-state index in [1.54, 1.807) is 16.7 Å². The number of nitrogens with two attached hydrogens (primary N) is 1. The average Bonchev–Trinajstić information content (AvgIpc) is 2.98. The molecule has 1 aromatic heterocycles. The lowest BCUT2D eigenvalue weighted by atomic mass is 9.88. The Morgan fingerprint density at radius 1 is 0.895 bits per heavy atom. The second-order valence-electron chi connectivity index (χ2n) is 5.79. The number of benzene rings is 1. The fraction of sp³-hybridized carbons (Fsp3) is 0.412. The maximum absolute atomic E-state index is 6.28. The van der Waals surface area contributed by atoms with E-state index in [2.05, 4.69) is 18.2 Å². The van der Waals surface area contributed by atoms with Crippen LogP contribution in [0.3, 0.4) is 0 Å². The number of rotatable bonds is 1. The molecule has 0 spiro atoms. The highest BCUT2D eigenvalue weighted by atomic mass is 32.1. The highest BCUT2D eigenvalue weighted by molar-refractivity contribution is 7.16. The standard InChI is InChI=1S/C17H19NS/c18-17-16(14-6-3-7-15(14)19-17)13-9-8-11-4-1-2-5-12(11)10-13/h8-10H,1-7,18H2. The fourth-order valence-corrected chi connectivity index (χ4v) is 4.81. The van der Waals surface area contributed by atoms with Crippen molar-refractivity contribution < 1.29 is 0 Å². The van der Waals surface area contributed by atoms with E-state index in [-0.39, 0.29) is 0 Å². The average molecular weight is 269 g/mol. The van der Waals surface area contributed by atoms with E-state index in [1.165, 1.54) is 60.9 Å². The number of anilines is 1. The smallest absolute Gasteiger partial charge is 0.0941 e. The van der Waals surface area contributed by atoms with Crippen LogP contribution in [0.15, 0.2) is 18.2 Å². The van der Waals surface area contributed by atoms with Gasteiger partial charge in [-0.25, -0.2) is 0 Å². The van der Waals surface area contributed by atoms with Crippen molar-refractivity contribution in [3.05, 3.63) is 39.8 Å². The van der Waals surface area contributed by atoms with Gasteiger partial charge in [0.25, 0.3) is 0 Å². The number of hydrogen-bond donors (Lipinski definition) is 1. The zero-order valence-electron chi connectivity index (χ0n) is 11.2. The minimum atomic E-state index is 1.03. The highest BCUT2D eigenvalue weighted by Crippen LogP contribution is 2.44. The van der Waals surface area contributed by atoms with Crippen molar-refractivity contribution >= 4 is 16.3 Å². The second kappa shape index (κ2) is 4.38. The number of thiophene rings is 1. The molecule has 1 aromatic carbocycles. The quantitative estimate of drug-likeness (QED) is 0.817. The summed E-state index contributed by atoms with van der Waals surface area (Å²) in [5.74, 6) is 0. The maximum Gasteiger partial charge on any atom is 0.0941 e. The molecule has 2 aromatic rings. The third-order valence-corrected chi connectivity index (χ3v) is 5.71. The molecule has 0 amide bonds. The van der Waals surface area contributed by atoms with Crippen molar-refractivity contribution in [3.8, 4) is 11.1 Å². The van der Waals surface area contributed by atoms with Crippen molar-refractivity contribution in [2.45, 2.75) is 44.9 Å². The number of nitrogen functional groups attached to an aromatic ring is 1. The van der Waals surface area contributed by atoms with Crippen molar-refractivity contribution in [1.29, 1.82) is 0 Å². The predicted molar refractivity (Wildman–Crippen MR) is 82.8 cm³/mol. The Morgan fingerprint density at radius 2 is 1.74 bits per heavy atom. The van der Waals surface area contributed by atoms with Crippen LogP contribution in [0.5, 0.6) is 0 Å². The fourth-order valence-electron chi connectivity index (χ4n) is 3.63. The van der Waals surface area contributed by atoms with E-state index in [9.17, 15) is 0 Å². The summed E-state index contributed by atoms with van der Waals surface area (Å²) in [5.41, 5.74) is 13.6.